The molecule has 0 aromatic rings. The Bertz CT molecular complexity index is 262. The van der Waals surface area contributed by atoms with E-state index >= 15 is 0 Å². The van der Waals surface area contributed by atoms with Crippen LogP contribution in [0, 0.1) is 0 Å². The molecule has 0 bridgehead atoms. The molecule has 0 radical (unpaired) electrons. The van der Waals surface area contributed by atoms with Gasteiger partial charge in [0.15, 0.2) is 0 Å². The SMILES string of the molecule is CCCCCCCCOC1(CO)O[C@H](CO)[C@@H](O)[C@@H]1O. The van der Waals surface area contributed by atoms with Crippen LogP contribution < -0.4 is 0 Å². The minimum absolute atomic E-state index is 0.342. The molecule has 1 fully saturated rings. The van der Waals surface area contributed by atoms with E-state index in [1.165, 1.54) is 19.3 Å². The summed E-state index contributed by atoms with van der Waals surface area (Å²) in [7, 11) is 0. The van der Waals surface area contributed by atoms with E-state index in [1.54, 1.807) is 0 Å². The molecule has 1 unspecified atom stereocenters. The molecule has 120 valence electrons. The molecule has 4 N–H and O–H groups in total. The Kier molecular flexibility index (Phi) is 7.94. The molecular formula is C14H28O6. The number of hydrogen-bond acceptors (Lipinski definition) is 6. The van der Waals surface area contributed by atoms with Gasteiger partial charge in [0, 0.05) is 0 Å². The second-order valence-electron chi connectivity index (χ2n) is 5.36. The van der Waals surface area contributed by atoms with Gasteiger partial charge in [-0.3, -0.25) is 0 Å². The van der Waals surface area contributed by atoms with Gasteiger partial charge < -0.3 is 29.9 Å². The van der Waals surface area contributed by atoms with Crippen LogP contribution in [-0.4, -0.2) is 64.3 Å². The van der Waals surface area contributed by atoms with Gasteiger partial charge in [0.1, 0.15) is 24.9 Å². The molecule has 6 heteroatoms. The predicted octanol–water partition coefficient (Wildman–Crippen LogP) is 0.165. The largest absolute Gasteiger partial charge is 0.394 e. The van der Waals surface area contributed by atoms with Crippen LogP contribution in [0.1, 0.15) is 45.4 Å². The van der Waals surface area contributed by atoms with E-state index in [0.29, 0.717) is 6.61 Å². The van der Waals surface area contributed by atoms with Crippen molar-refractivity contribution in [3.8, 4) is 0 Å². The number of ether oxygens (including phenoxy) is 2. The fourth-order valence-corrected chi connectivity index (χ4v) is 2.43. The molecule has 6 nitrogen and oxygen atoms in total. The maximum Gasteiger partial charge on any atom is 0.221 e. The van der Waals surface area contributed by atoms with E-state index in [0.717, 1.165) is 19.3 Å². The zero-order chi connectivity index (χ0) is 15.0. The molecule has 1 heterocycles. The van der Waals surface area contributed by atoms with Crippen LogP contribution in [0.2, 0.25) is 0 Å². The smallest absolute Gasteiger partial charge is 0.221 e. The Morgan fingerprint density at radius 2 is 1.70 bits per heavy atom. The van der Waals surface area contributed by atoms with Crippen LogP contribution in [-0.2, 0) is 9.47 Å². The molecule has 0 aromatic carbocycles. The quantitative estimate of drug-likeness (QED) is 0.428. The number of hydrogen-bond donors (Lipinski definition) is 4. The van der Waals surface area contributed by atoms with Crippen molar-refractivity contribution in [2.24, 2.45) is 0 Å². The first-order chi connectivity index (χ1) is 9.61. The van der Waals surface area contributed by atoms with E-state index in [9.17, 15) is 15.3 Å². The van der Waals surface area contributed by atoms with Crippen LogP contribution in [0.25, 0.3) is 0 Å². The van der Waals surface area contributed by atoms with Crippen LogP contribution in [0.15, 0.2) is 0 Å². The maximum absolute atomic E-state index is 9.91. The van der Waals surface area contributed by atoms with Gasteiger partial charge in [-0.2, -0.15) is 0 Å². The van der Waals surface area contributed by atoms with Gasteiger partial charge in [-0.15, -0.1) is 0 Å². The average Bonchev–Trinajstić information content (AvgIpc) is 2.71. The van der Waals surface area contributed by atoms with Crippen molar-refractivity contribution in [3.05, 3.63) is 0 Å². The van der Waals surface area contributed by atoms with E-state index in [4.69, 9.17) is 14.6 Å². The van der Waals surface area contributed by atoms with Crippen LogP contribution in [0.3, 0.4) is 0 Å². The lowest BCUT2D eigenvalue weighted by atomic mass is 10.1. The molecule has 0 spiro atoms. The lowest BCUT2D eigenvalue weighted by molar-refractivity contribution is -0.276. The molecule has 1 saturated heterocycles. The average molecular weight is 292 g/mol. The molecule has 0 aromatic heterocycles. The summed E-state index contributed by atoms with van der Waals surface area (Å²) < 4.78 is 10.8. The highest BCUT2D eigenvalue weighted by Gasteiger charge is 2.54. The first-order valence-electron chi connectivity index (χ1n) is 7.51. The summed E-state index contributed by atoms with van der Waals surface area (Å²) in [5.41, 5.74) is 0. The standard InChI is InChI=1S/C14H28O6/c1-2-3-4-5-6-7-8-19-14(10-16)13(18)12(17)11(9-15)20-14/h11-13,15-18H,2-10H2,1H3/t11-,12-,13+,14?/m1/s1. The molecule has 1 aliphatic rings. The number of aliphatic hydroxyl groups is 4. The molecular weight excluding hydrogens is 264 g/mol. The Hall–Kier alpha value is -0.240. The number of unbranched alkanes of at least 4 members (excludes halogenated alkanes) is 5. The fourth-order valence-electron chi connectivity index (χ4n) is 2.43. The fraction of sp³-hybridized carbons (Fsp3) is 1.00. The van der Waals surface area contributed by atoms with Gasteiger partial charge in [0.05, 0.1) is 13.2 Å². The zero-order valence-corrected chi connectivity index (χ0v) is 12.2. The topological polar surface area (TPSA) is 99.4 Å². The van der Waals surface area contributed by atoms with Crippen molar-refractivity contribution < 1.29 is 29.9 Å². The first kappa shape index (κ1) is 17.8. The third kappa shape index (κ3) is 4.38. The van der Waals surface area contributed by atoms with E-state index < -0.39 is 37.3 Å². The van der Waals surface area contributed by atoms with Gasteiger partial charge in [-0.25, -0.2) is 0 Å². The number of rotatable bonds is 10. The summed E-state index contributed by atoms with van der Waals surface area (Å²) in [5.74, 6) is -1.61. The zero-order valence-electron chi connectivity index (χ0n) is 12.2. The molecule has 1 rings (SSSR count). The van der Waals surface area contributed by atoms with Crippen molar-refractivity contribution in [3.63, 3.8) is 0 Å². The van der Waals surface area contributed by atoms with E-state index in [2.05, 4.69) is 6.92 Å². The van der Waals surface area contributed by atoms with Crippen LogP contribution in [0.5, 0.6) is 0 Å². The summed E-state index contributed by atoms with van der Waals surface area (Å²) in [4.78, 5) is 0. The Balaban J connectivity index is 2.32. The molecule has 20 heavy (non-hydrogen) atoms. The summed E-state index contributed by atoms with van der Waals surface area (Å²) in [6, 6.07) is 0. The molecule has 0 amide bonds. The summed E-state index contributed by atoms with van der Waals surface area (Å²) >= 11 is 0. The van der Waals surface area contributed by atoms with Crippen molar-refractivity contribution >= 4 is 0 Å². The van der Waals surface area contributed by atoms with Gasteiger partial charge >= 0.3 is 0 Å². The van der Waals surface area contributed by atoms with Gasteiger partial charge in [0.25, 0.3) is 0 Å². The van der Waals surface area contributed by atoms with Crippen molar-refractivity contribution in [1.82, 2.24) is 0 Å². The van der Waals surface area contributed by atoms with Crippen molar-refractivity contribution in [2.45, 2.75) is 69.5 Å². The van der Waals surface area contributed by atoms with Crippen LogP contribution >= 0.6 is 0 Å². The second kappa shape index (κ2) is 8.92. The van der Waals surface area contributed by atoms with Gasteiger partial charge in [-0.1, -0.05) is 39.0 Å². The van der Waals surface area contributed by atoms with Crippen molar-refractivity contribution in [2.75, 3.05) is 19.8 Å². The highest BCUT2D eigenvalue weighted by molar-refractivity contribution is 4.96. The highest BCUT2D eigenvalue weighted by Crippen LogP contribution is 2.32. The summed E-state index contributed by atoms with van der Waals surface area (Å²) in [6.45, 7) is 1.52. The maximum atomic E-state index is 9.91. The Morgan fingerprint density at radius 3 is 2.25 bits per heavy atom. The predicted molar refractivity (Wildman–Crippen MR) is 73.1 cm³/mol. The Morgan fingerprint density at radius 1 is 1.05 bits per heavy atom. The minimum atomic E-state index is -1.61. The van der Waals surface area contributed by atoms with Gasteiger partial charge in [-0.05, 0) is 6.42 Å². The lowest BCUT2D eigenvalue weighted by Crippen LogP contribution is -2.48. The molecule has 0 aliphatic carbocycles. The Labute approximate surface area is 120 Å². The minimum Gasteiger partial charge on any atom is -0.394 e. The lowest BCUT2D eigenvalue weighted by Gasteiger charge is -2.30. The third-order valence-corrected chi connectivity index (χ3v) is 3.75. The molecule has 1 aliphatic heterocycles. The summed E-state index contributed by atoms with van der Waals surface area (Å²) in [5, 5.41) is 38.0. The van der Waals surface area contributed by atoms with Gasteiger partial charge in [0.2, 0.25) is 5.79 Å². The number of aliphatic hydroxyl groups excluding tert-OH is 4. The highest BCUT2D eigenvalue weighted by atomic mass is 16.7. The molecule has 0 saturated carbocycles. The van der Waals surface area contributed by atoms with Crippen molar-refractivity contribution in [1.29, 1.82) is 0 Å². The summed E-state index contributed by atoms with van der Waals surface area (Å²) in [6.07, 6.45) is 3.05. The second-order valence-corrected chi connectivity index (χ2v) is 5.36. The van der Waals surface area contributed by atoms with Crippen LogP contribution in [0.4, 0.5) is 0 Å². The normalized spacial score (nSPS) is 33.8. The first-order valence-corrected chi connectivity index (χ1v) is 7.51. The monoisotopic (exact) mass is 292 g/mol. The van der Waals surface area contributed by atoms with E-state index in [-0.39, 0.29) is 0 Å². The molecule has 4 atom stereocenters. The van der Waals surface area contributed by atoms with E-state index in [1.807, 2.05) is 0 Å². The third-order valence-electron chi connectivity index (χ3n) is 3.75.